The van der Waals surface area contributed by atoms with Crippen LogP contribution >= 0.6 is 11.6 Å². The molecule has 150 valence electrons. The third-order valence-corrected chi connectivity index (χ3v) is 4.60. The van der Waals surface area contributed by atoms with Crippen molar-refractivity contribution in [3.8, 4) is 17.6 Å². The fourth-order valence-electron chi connectivity index (χ4n) is 2.70. The summed E-state index contributed by atoms with van der Waals surface area (Å²) in [6, 6.07) is 5.41. The second-order valence-corrected chi connectivity index (χ2v) is 6.95. The number of ether oxygens (including phenoxy) is 3. The van der Waals surface area contributed by atoms with Crippen LogP contribution in [0.3, 0.4) is 0 Å². The van der Waals surface area contributed by atoms with Crippen LogP contribution in [-0.4, -0.2) is 37.7 Å². The number of methoxy groups -OCH3 is 1. The van der Waals surface area contributed by atoms with Crippen LogP contribution in [0, 0.1) is 17.2 Å². The highest BCUT2D eigenvalue weighted by molar-refractivity contribution is 6.32. The van der Waals surface area contributed by atoms with Gasteiger partial charge >= 0.3 is 5.97 Å². The van der Waals surface area contributed by atoms with Gasteiger partial charge in [-0.3, -0.25) is 4.79 Å². The molecular weight excluding hydrogens is 384 g/mol. The summed E-state index contributed by atoms with van der Waals surface area (Å²) < 4.78 is 15.6. The lowest BCUT2D eigenvalue weighted by atomic mass is 9.98. The molecule has 1 aromatic carbocycles. The Labute approximate surface area is 169 Å². The largest absolute Gasteiger partial charge is 0.491 e. The van der Waals surface area contributed by atoms with E-state index in [0.29, 0.717) is 28.7 Å². The molecule has 1 N–H and O–H groups in total. The van der Waals surface area contributed by atoms with Crippen LogP contribution in [0.25, 0.3) is 6.08 Å². The molecule has 0 heterocycles. The molecule has 1 atom stereocenters. The topological polar surface area (TPSA) is 97.6 Å². The van der Waals surface area contributed by atoms with Crippen LogP contribution in [0.1, 0.15) is 32.3 Å². The Morgan fingerprint density at radius 2 is 2.14 bits per heavy atom. The lowest BCUT2D eigenvalue weighted by Crippen LogP contribution is -2.48. The number of hydrogen-bond donors (Lipinski definition) is 1. The molecule has 0 bridgehead atoms. The molecule has 7 nitrogen and oxygen atoms in total. The Morgan fingerprint density at radius 3 is 2.71 bits per heavy atom. The minimum absolute atomic E-state index is 0.149. The molecule has 0 aliphatic heterocycles. The van der Waals surface area contributed by atoms with Gasteiger partial charge in [0.1, 0.15) is 5.54 Å². The maximum atomic E-state index is 11.9. The Bertz CT molecular complexity index is 814. The zero-order valence-electron chi connectivity index (χ0n) is 16.1. The van der Waals surface area contributed by atoms with Gasteiger partial charge < -0.3 is 19.5 Å². The van der Waals surface area contributed by atoms with Gasteiger partial charge in [0.2, 0.25) is 0 Å². The number of rotatable bonds is 9. The average Bonchev–Trinajstić information content (AvgIpc) is 3.50. The van der Waals surface area contributed by atoms with E-state index >= 15 is 0 Å². The first kappa shape index (κ1) is 21.6. The number of carbonyl (C=O) groups excluding carboxylic acids is 2. The van der Waals surface area contributed by atoms with Gasteiger partial charge in [-0.05, 0) is 56.4 Å². The number of halogens is 1. The average molecular weight is 407 g/mol. The number of amides is 1. The molecule has 1 aromatic rings. The molecule has 1 amide bonds. The van der Waals surface area contributed by atoms with Gasteiger partial charge in [-0.2, -0.15) is 5.26 Å². The molecule has 0 spiro atoms. The molecule has 0 unspecified atom stereocenters. The molecule has 1 aliphatic rings. The Hall–Kier alpha value is -2.72. The number of carbonyl (C=O) groups is 2. The van der Waals surface area contributed by atoms with Crippen molar-refractivity contribution in [3.05, 3.63) is 28.8 Å². The Kier molecular flexibility index (Phi) is 7.30. The van der Waals surface area contributed by atoms with E-state index in [1.165, 1.54) is 19.3 Å². The normalized spacial score (nSPS) is 15.4. The van der Waals surface area contributed by atoms with Crippen molar-refractivity contribution in [3.63, 3.8) is 0 Å². The predicted octanol–water partition coefficient (Wildman–Crippen LogP) is 3.11. The third kappa shape index (κ3) is 5.64. The molecule has 0 aromatic heterocycles. The quantitative estimate of drug-likeness (QED) is 0.499. The Balaban J connectivity index is 1.93. The number of benzene rings is 1. The van der Waals surface area contributed by atoms with Gasteiger partial charge in [-0.25, -0.2) is 4.79 Å². The van der Waals surface area contributed by atoms with Crippen LogP contribution < -0.4 is 14.8 Å². The van der Waals surface area contributed by atoms with E-state index in [2.05, 4.69) is 11.4 Å². The van der Waals surface area contributed by atoms with Crippen molar-refractivity contribution >= 4 is 29.6 Å². The van der Waals surface area contributed by atoms with Gasteiger partial charge in [0.05, 0.1) is 24.8 Å². The first-order chi connectivity index (χ1) is 13.3. The van der Waals surface area contributed by atoms with Crippen molar-refractivity contribution in [1.82, 2.24) is 5.32 Å². The van der Waals surface area contributed by atoms with E-state index in [1.54, 1.807) is 19.1 Å². The van der Waals surface area contributed by atoms with Gasteiger partial charge in [-0.15, -0.1) is 0 Å². The predicted molar refractivity (Wildman–Crippen MR) is 104 cm³/mol. The molecular formula is C20H23ClN2O5. The van der Waals surface area contributed by atoms with E-state index < -0.39 is 24.0 Å². The summed E-state index contributed by atoms with van der Waals surface area (Å²) in [6.07, 6.45) is 4.49. The molecule has 2 rings (SSSR count). The fraction of sp³-hybridized carbons (Fsp3) is 0.450. The van der Waals surface area contributed by atoms with E-state index in [1.807, 2.05) is 6.92 Å². The molecule has 8 heteroatoms. The lowest BCUT2D eigenvalue weighted by Gasteiger charge is -2.22. The SMILES string of the molecule is CCOc1cc(/C=C/C(=O)OCC(=O)N[C@@](C)(C#N)C2CC2)cc(Cl)c1OC. The molecule has 1 saturated carbocycles. The van der Waals surface area contributed by atoms with Crippen LogP contribution in [0.5, 0.6) is 11.5 Å². The summed E-state index contributed by atoms with van der Waals surface area (Å²) in [7, 11) is 1.49. The van der Waals surface area contributed by atoms with Crippen molar-refractivity contribution < 1.29 is 23.8 Å². The zero-order chi connectivity index (χ0) is 20.7. The molecule has 0 saturated heterocycles. The summed E-state index contributed by atoms with van der Waals surface area (Å²) in [5.41, 5.74) is -0.309. The van der Waals surface area contributed by atoms with Crippen molar-refractivity contribution in [1.29, 1.82) is 5.26 Å². The smallest absolute Gasteiger partial charge is 0.331 e. The monoisotopic (exact) mass is 406 g/mol. The number of nitriles is 1. The number of hydrogen-bond acceptors (Lipinski definition) is 6. The first-order valence-electron chi connectivity index (χ1n) is 8.90. The summed E-state index contributed by atoms with van der Waals surface area (Å²) in [4.78, 5) is 23.8. The number of esters is 1. The van der Waals surface area contributed by atoms with Crippen molar-refractivity contribution in [2.75, 3.05) is 20.3 Å². The first-order valence-corrected chi connectivity index (χ1v) is 9.28. The molecule has 28 heavy (non-hydrogen) atoms. The van der Waals surface area contributed by atoms with E-state index in [9.17, 15) is 14.9 Å². The standard InChI is InChI=1S/C20H23ClN2O5/c1-4-27-16-10-13(9-15(21)19(16)26-3)5-8-18(25)28-11-17(24)23-20(2,12-22)14-6-7-14/h5,8-10,14H,4,6-7,11H2,1-3H3,(H,23,24)/b8-5+/t20-/m0/s1. The second kappa shape index (κ2) is 9.47. The highest BCUT2D eigenvalue weighted by Crippen LogP contribution is 2.39. The summed E-state index contributed by atoms with van der Waals surface area (Å²) in [5.74, 6) is -0.178. The number of nitrogens with zero attached hydrogens (tertiary/aromatic N) is 1. The van der Waals surface area contributed by atoms with E-state index in [-0.39, 0.29) is 5.92 Å². The van der Waals surface area contributed by atoms with Crippen molar-refractivity contribution in [2.24, 2.45) is 5.92 Å². The van der Waals surface area contributed by atoms with Gasteiger partial charge in [0.15, 0.2) is 18.1 Å². The minimum atomic E-state index is -0.922. The maximum absolute atomic E-state index is 11.9. The summed E-state index contributed by atoms with van der Waals surface area (Å²) in [6.45, 7) is 3.48. The molecule has 0 radical (unpaired) electrons. The van der Waals surface area contributed by atoms with E-state index in [4.69, 9.17) is 25.8 Å². The van der Waals surface area contributed by atoms with Crippen LogP contribution in [0.15, 0.2) is 18.2 Å². The lowest BCUT2D eigenvalue weighted by molar-refractivity contribution is -0.144. The zero-order valence-corrected chi connectivity index (χ0v) is 16.8. The summed E-state index contributed by atoms with van der Waals surface area (Å²) in [5, 5.41) is 12.2. The Morgan fingerprint density at radius 1 is 1.43 bits per heavy atom. The third-order valence-electron chi connectivity index (χ3n) is 4.32. The van der Waals surface area contributed by atoms with Gasteiger partial charge in [0.25, 0.3) is 5.91 Å². The second-order valence-electron chi connectivity index (χ2n) is 6.54. The highest BCUT2D eigenvalue weighted by atomic mass is 35.5. The van der Waals surface area contributed by atoms with Crippen molar-refractivity contribution in [2.45, 2.75) is 32.2 Å². The minimum Gasteiger partial charge on any atom is -0.491 e. The van der Waals surface area contributed by atoms with Crippen LogP contribution in [0.4, 0.5) is 0 Å². The van der Waals surface area contributed by atoms with Crippen LogP contribution in [-0.2, 0) is 14.3 Å². The number of nitrogens with one attached hydrogen (secondary N) is 1. The fourth-order valence-corrected chi connectivity index (χ4v) is 3.00. The summed E-state index contributed by atoms with van der Waals surface area (Å²) >= 11 is 6.16. The molecule has 1 aliphatic carbocycles. The van der Waals surface area contributed by atoms with Gasteiger partial charge in [-0.1, -0.05) is 11.6 Å². The van der Waals surface area contributed by atoms with Gasteiger partial charge in [0, 0.05) is 6.08 Å². The van der Waals surface area contributed by atoms with Crippen LogP contribution in [0.2, 0.25) is 5.02 Å². The highest BCUT2D eigenvalue weighted by Gasteiger charge is 2.43. The van der Waals surface area contributed by atoms with E-state index in [0.717, 1.165) is 12.8 Å². The molecule has 1 fully saturated rings. The maximum Gasteiger partial charge on any atom is 0.331 e.